The van der Waals surface area contributed by atoms with Crippen LogP contribution in [-0.2, 0) is 9.30 Å². The van der Waals surface area contributed by atoms with Crippen molar-refractivity contribution in [1.82, 2.24) is 19.5 Å². The van der Waals surface area contributed by atoms with E-state index in [0.717, 1.165) is 79.0 Å². The molecule has 7 nitrogen and oxygen atoms in total. The Kier molecular flexibility index (Phi) is 7.50. The molecule has 1 aliphatic rings. The summed E-state index contributed by atoms with van der Waals surface area (Å²) in [7, 11) is -2.33. The quantitative estimate of drug-likeness (QED) is 0.376. The van der Waals surface area contributed by atoms with Gasteiger partial charge in [-0.25, -0.2) is 15.0 Å². The number of ether oxygens (including phenoxy) is 1. The minimum atomic E-state index is -2.33. The van der Waals surface area contributed by atoms with E-state index in [9.17, 15) is 4.57 Å². The van der Waals surface area contributed by atoms with Gasteiger partial charge in [0.05, 0.1) is 6.33 Å². The van der Waals surface area contributed by atoms with Crippen molar-refractivity contribution >= 4 is 35.1 Å². The van der Waals surface area contributed by atoms with Crippen LogP contribution in [0, 0.1) is 0 Å². The molecule has 1 aliphatic heterocycles. The Morgan fingerprint density at radius 2 is 1.85 bits per heavy atom. The fourth-order valence-electron chi connectivity index (χ4n) is 4.48. The predicted octanol–water partition coefficient (Wildman–Crippen LogP) is 6.20. The number of imidazole rings is 1. The predicted molar refractivity (Wildman–Crippen MR) is 136 cm³/mol. The molecule has 1 atom stereocenters. The number of anilines is 2. The van der Waals surface area contributed by atoms with E-state index in [-0.39, 0.29) is 12.1 Å². The van der Waals surface area contributed by atoms with Gasteiger partial charge in [0.2, 0.25) is 0 Å². The summed E-state index contributed by atoms with van der Waals surface area (Å²) in [5.74, 6) is 1.65. The maximum Gasteiger partial charge on any atom is 0.167 e. The Morgan fingerprint density at radius 1 is 1.12 bits per heavy atom. The first-order valence-corrected chi connectivity index (χ1v) is 14.3. The van der Waals surface area contributed by atoms with Crippen LogP contribution in [0.1, 0.15) is 77.8 Å². The standard InChI is InChI=1S/C25H36N5O2P/c1-5-15-33(31,16-6-2)20-12-10-19(11-13-20)27-24-22-25(29-23(28-24)18(3)4)30(17-26-22)21-9-7-8-14-32-21/h10-13,17-18,21H,5-9,14-16H2,1-4H3,(H,27,28,29). The number of hydrogen-bond acceptors (Lipinski definition) is 6. The van der Waals surface area contributed by atoms with E-state index in [2.05, 4.69) is 38.0 Å². The summed E-state index contributed by atoms with van der Waals surface area (Å²) in [5.41, 5.74) is 2.44. The molecule has 178 valence electrons. The van der Waals surface area contributed by atoms with Crippen LogP contribution in [0.15, 0.2) is 30.6 Å². The third kappa shape index (κ3) is 5.15. The highest BCUT2D eigenvalue weighted by molar-refractivity contribution is 7.71. The highest BCUT2D eigenvalue weighted by atomic mass is 31.2. The molecule has 0 radical (unpaired) electrons. The average Bonchev–Trinajstić information content (AvgIpc) is 3.25. The van der Waals surface area contributed by atoms with Crippen LogP contribution >= 0.6 is 7.14 Å². The van der Waals surface area contributed by atoms with Crippen LogP contribution in [-0.4, -0.2) is 38.4 Å². The van der Waals surface area contributed by atoms with Crippen LogP contribution in [0.3, 0.4) is 0 Å². The van der Waals surface area contributed by atoms with Crippen molar-refractivity contribution in [2.75, 3.05) is 24.2 Å². The van der Waals surface area contributed by atoms with Crippen LogP contribution in [0.25, 0.3) is 11.2 Å². The maximum atomic E-state index is 13.5. The zero-order valence-corrected chi connectivity index (χ0v) is 21.1. The topological polar surface area (TPSA) is 81.9 Å². The number of rotatable bonds is 9. The Labute approximate surface area is 196 Å². The minimum Gasteiger partial charge on any atom is -0.358 e. The number of nitrogens with one attached hydrogen (secondary N) is 1. The first kappa shape index (κ1) is 23.9. The van der Waals surface area contributed by atoms with Gasteiger partial charge < -0.3 is 14.6 Å². The smallest absolute Gasteiger partial charge is 0.167 e. The fraction of sp³-hybridized carbons (Fsp3) is 0.560. The van der Waals surface area contributed by atoms with Crippen LogP contribution < -0.4 is 10.6 Å². The number of aromatic nitrogens is 4. The molecule has 0 amide bonds. The summed E-state index contributed by atoms with van der Waals surface area (Å²) in [6, 6.07) is 8.00. The minimum absolute atomic E-state index is 0.0305. The zero-order valence-electron chi connectivity index (χ0n) is 20.3. The molecule has 1 N–H and O–H groups in total. The van der Waals surface area contributed by atoms with Gasteiger partial charge in [-0.3, -0.25) is 4.57 Å². The lowest BCUT2D eigenvalue weighted by Gasteiger charge is -2.24. The van der Waals surface area contributed by atoms with Gasteiger partial charge in [-0.1, -0.05) is 27.7 Å². The van der Waals surface area contributed by atoms with E-state index in [1.165, 1.54) is 0 Å². The van der Waals surface area contributed by atoms with Crippen molar-refractivity contribution in [3.63, 3.8) is 0 Å². The normalized spacial score (nSPS) is 17.1. The second-order valence-corrected chi connectivity index (χ2v) is 12.4. The van der Waals surface area contributed by atoms with E-state index in [1.807, 2.05) is 35.2 Å². The first-order valence-electron chi connectivity index (χ1n) is 12.3. The molecule has 1 fully saturated rings. The molecule has 0 saturated carbocycles. The van der Waals surface area contributed by atoms with E-state index in [4.69, 9.17) is 14.7 Å². The summed E-state index contributed by atoms with van der Waals surface area (Å²) < 4.78 is 21.5. The van der Waals surface area contributed by atoms with Crippen molar-refractivity contribution in [2.24, 2.45) is 0 Å². The molecule has 1 unspecified atom stereocenters. The molecule has 8 heteroatoms. The third-order valence-electron chi connectivity index (χ3n) is 6.19. The van der Waals surface area contributed by atoms with Gasteiger partial charge in [-0.05, 0) is 56.4 Å². The van der Waals surface area contributed by atoms with E-state index >= 15 is 0 Å². The highest BCUT2D eigenvalue weighted by Crippen LogP contribution is 2.45. The zero-order chi connectivity index (χ0) is 23.4. The van der Waals surface area contributed by atoms with Crippen molar-refractivity contribution in [3.05, 3.63) is 36.4 Å². The largest absolute Gasteiger partial charge is 0.358 e. The van der Waals surface area contributed by atoms with Gasteiger partial charge in [0.25, 0.3) is 0 Å². The average molecular weight is 470 g/mol. The second-order valence-electron chi connectivity index (χ2n) is 9.24. The molecule has 2 aromatic heterocycles. The van der Waals surface area contributed by atoms with E-state index < -0.39 is 7.14 Å². The number of benzene rings is 1. The van der Waals surface area contributed by atoms with E-state index in [0.29, 0.717) is 5.82 Å². The summed E-state index contributed by atoms with van der Waals surface area (Å²) in [4.78, 5) is 14.3. The molecular formula is C25H36N5O2P. The van der Waals surface area contributed by atoms with Crippen molar-refractivity contribution in [2.45, 2.75) is 71.9 Å². The fourth-order valence-corrected chi connectivity index (χ4v) is 7.36. The van der Waals surface area contributed by atoms with Crippen molar-refractivity contribution in [3.8, 4) is 0 Å². The summed E-state index contributed by atoms with van der Waals surface area (Å²) in [6.45, 7) is 9.15. The molecule has 0 spiro atoms. The molecule has 0 aliphatic carbocycles. The van der Waals surface area contributed by atoms with Crippen molar-refractivity contribution in [1.29, 1.82) is 0 Å². The third-order valence-corrected chi connectivity index (χ3v) is 9.77. The van der Waals surface area contributed by atoms with Gasteiger partial charge in [0.15, 0.2) is 17.0 Å². The number of nitrogens with zero attached hydrogens (tertiary/aromatic N) is 4. The lowest BCUT2D eigenvalue weighted by atomic mass is 10.2. The molecule has 3 aromatic rings. The summed E-state index contributed by atoms with van der Waals surface area (Å²) >= 11 is 0. The molecule has 0 bridgehead atoms. The number of fused-ring (bicyclic) bond motifs is 1. The highest BCUT2D eigenvalue weighted by Gasteiger charge is 2.24. The lowest BCUT2D eigenvalue weighted by molar-refractivity contribution is -0.0298. The second kappa shape index (κ2) is 10.4. The van der Waals surface area contributed by atoms with Crippen LogP contribution in [0.5, 0.6) is 0 Å². The van der Waals surface area contributed by atoms with Gasteiger partial charge in [0.1, 0.15) is 19.2 Å². The summed E-state index contributed by atoms with van der Waals surface area (Å²) in [6.07, 6.45) is 8.38. The van der Waals surface area contributed by atoms with Gasteiger partial charge in [0, 0.05) is 35.8 Å². The molecular weight excluding hydrogens is 433 g/mol. The molecule has 1 saturated heterocycles. The Bertz CT molecular complexity index is 1110. The lowest BCUT2D eigenvalue weighted by Crippen LogP contribution is -2.18. The SMILES string of the molecule is CCCP(=O)(CCC)c1ccc(Nc2nc(C(C)C)nc3c2ncn3C2CCCCO2)cc1. The first-order chi connectivity index (χ1) is 15.9. The van der Waals surface area contributed by atoms with E-state index in [1.54, 1.807) is 0 Å². The summed E-state index contributed by atoms with van der Waals surface area (Å²) in [5, 5.41) is 4.41. The Morgan fingerprint density at radius 3 is 2.45 bits per heavy atom. The van der Waals surface area contributed by atoms with Crippen molar-refractivity contribution < 1.29 is 9.30 Å². The van der Waals surface area contributed by atoms with Gasteiger partial charge in [-0.15, -0.1) is 0 Å². The monoisotopic (exact) mass is 469 g/mol. The molecule has 1 aromatic carbocycles. The Balaban J connectivity index is 1.67. The number of hydrogen-bond donors (Lipinski definition) is 1. The van der Waals surface area contributed by atoms with Gasteiger partial charge >= 0.3 is 0 Å². The van der Waals surface area contributed by atoms with Crippen LogP contribution in [0.2, 0.25) is 0 Å². The maximum absolute atomic E-state index is 13.5. The van der Waals surface area contributed by atoms with Gasteiger partial charge in [-0.2, -0.15) is 0 Å². The Hall–Kier alpha value is -2.24. The van der Waals surface area contributed by atoms with Crippen LogP contribution in [0.4, 0.5) is 11.5 Å². The molecule has 33 heavy (non-hydrogen) atoms. The molecule has 3 heterocycles. The molecule has 4 rings (SSSR count).